The van der Waals surface area contributed by atoms with Gasteiger partial charge in [0.15, 0.2) is 0 Å². The lowest BCUT2D eigenvalue weighted by Gasteiger charge is -2.33. The summed E-state index contributed by atoms with van der Waals surface area (Å²) in [7, 11) is -3.75. The molecule has 60 heavy (non-hydrogen) atoms. The fraction of sp³-hybridized carbons (Fsp3) is 0.514. The molecule has 2 amide bonds. The molecule has 2 N–H and O–H groups in total. The zero-order valence-electron chi connectivity index (χ0n) is 32.4. The van der Waals surface area contributed by atoms with Gasteiger partial charge in [0.1, 0.15) is 17.7 Å². The maximum atomic E-state index is 13.3. The van der Waals surface area contributed by atoms with Crippen LogP contribution in [0.15, 0.2) is 52.5 Å². The van der Waals surface area contributed by atoms with Gasteiger partial charge in [-0.15, -0.1) is 34.0 Å². The van der Waals surface area contributed by atoms with Crippen molar-refractivity contribution in [3.63, 3.8) is 0 Å². The molecule has 0 saturated carbocycles. The lowest BCUT2D eigenvalue weighted by molar-refractivity contribution is -0.147. The van der Waals surface area contributed by atoms with Crippen molar-refractivity contribution in [3.05, 3.63) is 67.2 Å². The van der Waals surface area contributed by atoms with E-state index in [1.165, 1.54) is 34.0 Å². The summed E-state index contributed by atoms with van der Waals surface area (Å²) in [5, 5.41) is 11.3. The number of hydrogen-bond donors (Lipinski definition) is 2. The predicted molar refractivity (Wildman–Crippen MR) is 218 cm³/mol. The molecule has 318 valence electrons. The topological polar surface area (TPSA) is 210 Å². The minimum Gasteiger partial charge on any atom is -0.509 e. The van der Waals surface area contributed by atoms with Crippen molar-refractivity contribution < 1.29 is 70.9 Å². The van der Waals surface area contributed by atoms with E-state index < -0.39 is 75.3 Å². The summed E-state index contributed by atoms with van der Waals surface area (Å²) in [6, 6.07) is 11.0. The molecule has 7 rings (SSSR count). The minimum atomic E-state index is -1.29. The normalized spacial score (nSPS) is 25.9. The van der Waals surface area contributed by atoms with Gasteiger partial charge in [-0.3, -0.25) is 28.8 Å². The van der Waals surface area contributed by atoms with E-state index in [9.17, 15) is 28.8 Å². The zero-order valence-corrected chi connectivity index (χ0v) is 34.9. The minimum absolute atomic E-state index is 0.0564. The number of nitrogens with one attached hydrogen (secondary N) is 2. The van der Waals surface area contributed by atoms with Gasteiger partial charge < -0.3 is 52.8 Å². The highest BCUT2D eigenvalue weighted by Crippen LogP contribution is 2.27. The molecule has 4 fully saturated rings. The van der Waals surface area contributed by atoms with Crippen LogP contribution in [0.5, 0.6) is 0 Å². The van der Waals surface area contributed by atoms with Crippen molar-refractivity contribution in [1.82, 2.24) is 10.6 Å². The van der Waals surface area contributed by atoms with E-state index in [1.807, 2.05) is 52.5 Å². The molecule has 17 nitrogen and oxygen atoms in total. The Labute approximate surface area is 358 Å². The highest BCUT2D eigenvalue weighted by Gasteiger charge is 2.46. The van der Waals surface area contributed by atoms with Gasteiger partial charge in [-0.25, -0.2) is 0 Å². The number of carbonyl (C=O) groups excluding carboxylic acids is 6. The van der Waals surface area contributed by atoms with Crippen LogP contribution in [0.3, 0.4) is 0 Å². The van der Waals surface area contributed by atoms with E-state index in [4.69, 9.17) is 42.1 Å². The summed E-state index contributed by atoms with van der Waals surface area (Å²) in [5.74, 6) is -5.38. The van der Waals surface area contributed by atoms with Gasteiger partial charge in [-0.2, -0.15) is 0 Å². The van der Waals surface area contributed by atoms with E-state index in [0.29, 0.717) is 0 Å². The molecule has 6 bridgehead atoms. The molecule has 0 aliphatic carbocycles. The average molecular weight is 884 g/mol. The summed E-state index contributed by atoms with van der Waals surface area (Å²) in [4.78, 5) is 81.2. The van der Waals surface area contributed by atoms with E-state index in [2.05, 4.69) is 10.6 Å². The second kappa shape index (κ2) is 21.7. The lowest BCUT2D eigenvalue weighted by atomic mass is 9.68. The fourth-order valence-electron chi connectivity index (χ4n) is 6.99. The first-order chi connectivity index (χ1) is 29.1. The Bertz CT molecular complexity index is 1690. The number of fused-ring (bicyclic) bond motifs is 6. The van der Waals surface area contributed by atoms with E-state index >= 15 is 0 Å². The molecule has 0 aromatic carbocycles. The molecule has 4 aliphatic rings. The number of hydrogen-bond acceptors (Lipinski definition) is 18. The first-order valence-corrected chi connectivity index (χ1v) is 22.2. The number of carbonyl (C=O) groups is 6. The van der Waals surface area contributed by atoms with Crippen LogP contribution in [0.25, 0.3) is 0 Å². The molecule has 7 heterocycles. The standard InChI is InChI=1S/C37H43B3N2O15S3/c43-24(11-28-4-1-7-58-28)10-23-17-49-18-26-13-36(47)56-39(53-26)32(42-34(45)16-30-6-3-9-60-30)22-51-20-27-14-37(48)57-40(54-27)31(41-33(44)15-29-5-2-8-59-29)21-50-19-25-12-35(46)55-38(23)52-25/h1-9,23,25-27,31-32H,10-22H2,(H,41,44)(H,42,45)/t23-,25?,26?,27?,31-,32-/m0/s1. The fourth-order valence-corrected chi connectivity index (χ4v) is 9.13. The van der Waals surface area contributed by atoms with Gasteiger partial charge in [0.2, 0.25) is 11.8 Å². The third-order valence-electron chi connectivity index (χ3n) is 9.75. The van der Waals surface area contributed by atoms with Crippen LogP contribution >= 0.6 is 34.0 Å². The summed E-state index contributed by atoms with van der Waals surface area (Å²) in [6.45, 7) is -0.868. The molecule has 3 aromatic rings. The van der Waals surface area contributed by atoms with Crippen LogP contribution in [-0.4, -0.2) is 127 Å². The van der Waals surface area contributed by atoms with Gasteiger partial charge in [-0.1, -0.05) is 18.2 Å². The number of amides is 2. The van der Waals surface area contributed by atoms with Gasteiger partial charge in [0.25, 0.3) is 17.9 Å². The van der Waals surface area contributed by atoms with E-state index in [1.54, 1.807) is 0 Å². The Morgan fingerprint density at radius 1 is 0.550 bits per heavy atom. The number of Topliss-reactive ketones (excluding diaryl/α,β-unsaturated/α-hetero) is 1. The van der Waals surface area contributed by atoms with Crippen LogP contribution in [0, 0.1) is 0 Å². The first kappa shape index (κ1) is 44.1. The van der Waals surface area contributed by atoms with Crippen LogP contribution in [-0.2, 0) is 90.2 Å². The van der Waals surface area contributed by atoms with Crippen LogP contribution in [0.4, 0.5) is 0 Å². The third kappa shape index (κ3) is 13.3. The highest BCUT2D eigenvalue weighted by molar-refractivity contribution is 7.10. The van der Waals surface area contributed by atoms with Crippen molar-refractivity contribution in [2.24, 2.45) is 0 Å². The van der Waals surface area contributed by atoms with Crippen molar-refractivity contribution in [1.29, 1.82) is 0 Å². The molecule has 3 unspecified atom stereocenters. The Morgan fingerprint density at radius 3 is 1.38 bits per heavy atom. The second-order valence-electron chi connectivity index (χ2n) is 14.7. The summed E-state index contributed by atoms with van der Waals surface area (Å²) < 4.78 is 53.4. The van der Waals surface area contributed by atoms with Gasteiger partial charge in [0, 0.05) is 39.9 Å². The van der Waals surface area contributed by atoms with Crippen molar-refractivity contribution in [2.45, 2.75) is 81.0 Å². The largest absolute Gasteiger partial charge is 0.554 e. The Hall–Kier alpha value is -3.93. The Morgan fingerprint density at radius 2 is 0.950 bits per heavy atom. The molecule has 0 radical (unpaired) electrons. The summed E-state index contributed by atoms with van der Waals surface area (Å²) in [5.41, 5.74) is 0. The third-order valence-corrected chi connectivity index (χ3v) is 12.4. The van der Waals surface area contributed by atoms with Crippen molar-refractivity contribution in [3.8, 4) is 0 Å². The number of ether oxygens (including phenoxy) is 3. The molecule has 4 saturated heterocycles. The monoisotopic (exact) mass is 884 g/mol. The van der Waals surface area contributed by atoms with Gasteiger partial charge in [0.05, 0.1) is 83.5 Å². The van der Waals surface area contributed by atoms with Crippen molar-refractivity contribution in [2.75, 3.05) is 39.6 Å². The predicted octanol–water partition coefficient (Wildman–Crippen LogP) is 1.80. The van der Waals surface area contributed by atoms with Crippen molar-refractivity contribution >= 4 is 90.9 Å². The van der Waals surface area contributed by atoms with Gasteiger partial charge >= 0.3 is 21.4 Å². The van der Waals surface area contributed by atoms with Crippen LogP contribution in [0.2, 0.25) is 5.82 Å². The average Bonchev–Trinajstić information content (AvgIpc) is 4.02. The quantitative estimate of drug-likeness (QED) is 0.278. The molecular weight excluding hydrogens is 841 g/mol. The van der Waals surface area contributed by atoms with E-state index in [0.717, 1.165) is 14.6 Å². The highest BCUT2D eigenvalue weighted by atomic mass is 32.1. The second-order valence-corrected chi connectivity index (χ2v) is 17.8. The number of rotatable bonds is 10. The zero-order chi connectivity index (χ0) is 41.8. The Kier molecular flexibility index (Phi) is 16.0. The maximum Gasteiger partial charge on any atom is 0.554 e. The summed E-state index contributed by atoms with van der Waals surface area (Å²) in [6.07, 6.45) is -2.71. The molecular formula is C37H43B3N2O15S3. The molecule has 6 atom stereocenters. The molecule has 0 spiro atoms. The van der Waals surface area contributed by atoms with E-state index in [-0.39, 0.29) is 102 Å². The summed E-state index contributed by atoms with van der Waals surface area (Å²) >= 11 is 4.27. The number of ketones is 1. The lowest BCUT2D eigenvalue weighted by Crippen LogP contribution is -2.58. The Balaban J connectivity index is 1.11. The number of thiophene rings is 3. The molecule has 4 aliphatic heterocycles. The van der Waals surface area contributed by atoms with Crippen LogP contribution < -0.4 is 10.6 Å². The first-order valence-electron chi connectivity index (χ1n) is 19.6. The van der Waals surface area contributed by atoms with Gasteiger partial charge in [-0.05, 0) is 34.3 Å². The molecule has 3 aromatic heterocycles. The SMILES string of the molecule is O=C(Cc1cccs1)C[C@H]1COCC2CC(=O)OB(O2)[C@@H](NC(=O)Cc2cccs2)COCC2CC(=O)OB(O2)[C@@H](NC(=O)Cc2cccs2)COCC2CC(=O)OB1O2. The smallest absolute Gasteiger partial charge is 0.509 e. The van der Waals surface area contributed by atoms with Crippen LogP contribution in [0.1, 0.15) is 40.3 Å². The molecule has 23 heteroatoms. The maximum absolute atomic E-state index is 13.3.